The summed E-state index contributed by atoms with van der Waals surface area (Å²) >= 11 is 0. The van der Waals surface area contributed by atoms with Crippen LogP contribution in [0.1, 0.15) is 34.1 Å². The molecule has 0 aliphatic carbocycles. The van der Waals surface area contributed by atoms with E-state index >= 15 is 0 Å². The minimum absolute atomic E-state index is 0.110. The predicted octanol–water partition coefficient (Wildman–Crippen LogP) is 1.03. The molecule has 0 radical (unpaired) electrons. The van der Waals surface area contributed by atoms with Gasteiger partial charge in [0.05, 0.1) is 0 Å². The van der Waals surface area contributed by atoms with Gasteiger partial charge in [0, 0.05) is 13.0 Å². The monoisotopic (exact) mass is 160 g/mol. The summed E-state index contributed by atoms with van der Waals surface area (Å²) < 4.78 is 5.16. The lowest BCUT2D eigenvalue weighted by molar-refractivity contribution is -0.0559. The zero-order chi connectivity index (χ0) is 9.12. The third kappa shape index (κ3) is 6.28. The van der Waals surface area contributed by atoms with E-state index in [1.807, 2.05) is 6.92 Å². The second-order valence-corrected chi connectivity index (χ2v) is 4.13. The van der Waals surface area contributed by atoms with Crippen molar-refractivity contribution in [3.63, 3.8) is 0 Å². The smallest absolute Gasteiger partial charge is 0.170 e. The van der Waals surface area contributed by atoms with E-state index < -0.39 is 5.85 Å². The van der Waals surface area contributed by atoms with Crippen LogP contribution in [-0.4, -0.2) is 12.5 Å². The van der Waals surface area contributed by atoms with E-state index in [-0.39, 0.29) is 5.41 Å². The van der Waals surface area contributed by atoms with Crippen molar-refractivity contribution in [2.45, 2.75) is 40.0 Å². The molecule has 4 N–H and O–H groups in total. The van der Waals surface area contributed by atoms with Gasteiger partial charge in [-0.1, -0.05) is 20.8 Å². The highest BCUT2D eigenvalue weighted by molar-refractivity contribution is 4.73. The highest BCUT2D eigenvalue weighted by Gasteiger charge is 2.26. The molecule has 0 saturated carbocycles. The molecule has 3 nitrogen and oxygen atoms in total. The fraction of sp³-hybridized carbons (Fsp3) is 1.00. The Labute approximate surface area is 69.1 Å². The van der Waals surface area contributed by atoms with Crippen molar-refractivity contribution in [2.75, 3.05) is 6.61 Å². The van der Waals surface area contributed by atoms with Crippen molar-refractivity contribution in [1.29, 1.82) is 0 Å². The SMILES string of the molecule is CCOC(N)(N)CC(C)(C)C. The van der Waals surface area contributed by atoms with Gasteiger partial charge in [-0.25, -0.2) is 0 Å². The lowest BCUT2D eigenvalue weighted by Gasteiger charge is -2.31. The summed E-state index contributed by atoms with van der Waals surface area (Å²) in [6.07, 6.45) is 0.661. The maximum atomic E-state index is 5.67. The van der Waals surface area contributed by atoms with Crippen LogP contribution >= 0.6 is 0 Å². The molecule has 0 amide bonds. The van der Waals surface area contributed by atoms with Gasteiger partial charge < -0.3 is 4.74 Å². The van der Waals surface area contributed by atoms with Crippen molar-refractivity contribution in [3.8, 4) is 0 Å². The number of hydrogen-bond acceptors (Lipinski definition) is 3. The van der Waals surface area contributed by atoms with E-state index in [0.29, 0.717) is 13.0 Å². The van der Waals surface area contributed by atoms with Gasteiger partial charge in [0.15, 0.2) is 5.85 Å². The van der Waals surface area contributed by atoms with Crippen LogP contribution in [0.5, 0.6) is 0 Å². The van der Waals surface area contributed by atoms with Crippen LogP contribution in [0.4, 0.5) is 0 Å². The zero-order valence-corrected chi connectivity index (χ0v) is 7.98. The van der Waals surface area contributed by atoms with E-state index in [4.69, 9.17) is 16.2 Å². The summed E-state index contributed by atoms with van der Waals surface area (Å²) in [5.74, 6) is -0.965. The molecule has 0 bridgehead atoms. The molecule has 0 aliphatic heterocycles. The fourth-order valence-corrected chi connectivity index (χ4v) is 1.15. The molecule has 0 atom stereocenters. The second-order valence-electron chi connectivity index (χ2n) is 4.13. The van der Waals surface area contributed by atoms with Gasteiger partial charge in [-0.05, 0) is 12.3 Å². The molecule has 0 spiro atoms. The summed E-state index contributed by atoms with van der Waals surface area (Å²) in [6.45, 7) is 8.70. The van der Waals surface area contributed by atoms with Gasteiger partial charge in [-0.2, -0.15) is 0 Å². The molecule has 0 aromatic heterocycles. The van der Waals surface area contributed by atoms with Crippen LogP contribution in [0.2, 0.25) is 0 Å². The van der Waals surface area contributed by atoms with Crippen molar-refractivity contribution in [1.82, 2.24) is 0 Å². The highest BCUT2D eigenvalue weighted by Crippen LogP contribution is 2.23. The van der Waals surface area contributed by atoms with E-state index in [1.54, 1.807) is 0 Å². The Morgan fingerprint density at radius 1 is 1.18 bits per heavy atom. The Balaban J connectivity index is 3.91. The molecule has 0 rings (SSSR count). The lowest BCUT2D eigenvalue weighted by Crippen LogP contribution is -2.54. The summed E-state index contributed by atoms with van der Waals surface area (Å²) in [5.41, 5.74) is 11.4. The van der Waals surface area contributed by atoms with E-state index in [0.717, 1.165) is 0 Å². The average Bonchev–Trinajstić information content (AvgIpc) is 1.55. The van der Waals surface area contributed by atoms with Gasteiger partial charge in [0.2, 0.25) is 0 Å². The summed E-state index contributed by atoms with van der Waals surface area (Å²) in [7, 11) is 0. The number of nitrogens with two attached hydrogens (primary N) is 2. The Morgan fingerprint density at radius 2 is 1.64 bits per heavy atom. The first-order valence-electron chi connectivity index (χ1n) is 3.98. The first kappa shape index (κ1) is 10.9. The van der Waals surface area contributed by atoms with Crippen molar-refractivity contribution >= 4 is 0 Å². The predicted molar refractivity (Wildman–Crippen MR) is 46.8 cm³/mol. The molecule has 11 heavy (non-hydrogen) atoms. The number of ether oxygens (including phenoxy) is 1. The van der Waals surface area contributed by atoms with Crippen LogP contribution < -0.4 is 11.5 Å². The van der Waals surface area contributed by atoms with Gasteiger partial charge in [0.1, 0.15) is 0 Å². The van der Waals surface area contributed by atoms with Crippen molar-refractivity contribution < 1.29 is 4.74 Å². The van der Waals surface area contributed by atoms with Crippen molar-refractivity contribution in [2.24, 2.45) is 16.9 Å². The molecule has 68 valence electrons. The standard InChI is InChI=1S/C8H20N2O/c1-5-11-8(9,10)6-7(2,3)4/h5-6,9-10H2,1-4H3. The van der Waals surface area contributed by atoms with Gasteiger partial charge >= 0.3 is 0 Å². The first-order valence-corrected chi connectivity index (χ1v) is 3.98. The van der Waals surface area contributed by atoms with E-state index in [2.05, 4.69) is 20.8 Å². The molecule has 0 saturated heterocycles. The lowest BCUT2D eigenvalue weighted by atomic mass is 9.90. The van der Waals surface area contributed by atoms with Gasteiger partial charge in [-0.15, -0.1) is 0 Å². The minimum Gasteiger partial charge on any atom is -0.348 e. The maximum Gasteiger partial charge on any atom is 0.170 e. The first-order chi connectivity index (χ1) is 4.77. The van der Waals surface area contributed by atoms with E-state index in [9.17, 15) is 0 Å². The topological polar surface area (TPSA) is 61.3 Å². The molecule has 0 unspecified atom stereocenters. The molecule has 3 heteroatoms. The molecule has 0 heterocycles. The largest absolute Gasteiger partial charge is 0.348 e. The molecular weight excluding hydrogens is 140 g/mol. The highest BCUT2D eigenvalue weighted by atomic mass is 16.5. The molecule has 0 fully saturated rings. The third-order valence-corrected chi connectivity index (χ3v) is 1.22. The normalized spacial score (nSPS) is 13.6. The van der Waals surface area contributed by atoms with E-state index in [1.165, 1.54) is 0 Å². The molecule has 0 aromatic rings. The summed E-state index contributed by atoms with van der Waals surface area (Å²) in [6, 6.07) is 0. The Morgan fingerprint density at radius 3 is 1.91 bits per heavy atom. The summed E-state index contributed by atoms with van der Waals surface area (Å²) in [4.78, 5) is 0. The van der Waals surface area contributed by atoms with Gasteiger partial charge in [0.25, 0.3) is 0 Å². The van der Waals surface area contributed by atoms with Crippen LogP contribution in [0, 0.1) is 5.41 Å². The zero-order valence-electron chi connectivity index (χ0n) is 7.98. The second kappa shape index (κ2) is 3.52. The fourth-order valence-electron chi connectivity index (χ4n) is 1.15. The molecule has 0 aliphatic rings. The maximum absolute atomic E-state index is 5.67. The quantitative estimate of drug-likeness (QED) is 0.606. The van der Waals surface area contributed by atoms with Crippen LogP contribution in [-0.2, 0) is 4.74 Å². The van der Waals surface area contributed by atoms with Crippen LogP contribution in [0.25, 0.3) is 0 Å². The Bertz CT molecular complexity index is 116. The van der Waals surface area contributed by atoms with Crippen LogP contribution in [0.15, 0.2) is 0 Å². The average molecular weight is 160 g/mol. The Kier molecular flexibility index (Phi) is 3.48. The third-order valence-electron chi connectivity index (χ3n) is 1.22. The van der Waals surface area contributed by atoms with Crippen molar-refractivity contribution in [3.05, 3.63) is 0 Å². The molecular formula is C8H20N2O. The Hall–Kier alpha value is -0.120. The van der Waals surface area contributed by atoms with Gasteiger partial charge in [-0.3, -0.25) is 11.5 Å². The minimum atomic E-state index is -0.965. The number of hydrogen-bond donors (Lipinski definition) is 2. The molecule has 0 aromatic carbocycles. The summed E-state index contributed by atoms with van der Waals surface area (Å²) in [5, 5.41) is 0. The number of rotatable bonds is 3. The van der Waals surface area contributed by atoms with Crippen LogP contribution in [0.3, 0.4) is 0 Å².